The number of nitrogens with one attached hydrogen (secondary N) is 2. The molecule has 0 aliphatic carbocycles. The zero-order valence-corrected chi connectivity index (χ0v) is 16.8. The molecule has 1 heterocycles. The molecule has 0 fully saturated rings. The first-order valence-electron chi connectivity index (χ1n) is 9.33. The van der Waals surface area contributed by atoms with Gasteiger partial charge in [-0.1, -0.05) is 32.9 Å². The molecule has 28 heavy (non-hydrogen) atoms. The lowest BCUT2D eigenvalue weighted by Crippen LogP contribution is -2.34. The topological polar surface area (TPSA) is 76.7 Å². The van der Waals surface area contributed by atoms with E-state index in [4.69, 9.17) is 9.47 Å². The Hall–Kier alpha value is -3.02. The Morgan fingerprint density at radius 3 is 2.68 bits per heavy atom. The van der Waals surface area contributed by atoms with Crippen LogP contribution in [-0.4, -0.2) is 24.0 Å². The highest BCUT2D eigenvalue weighted by atomic mass is 16.5. The molecule has 0 spiro atoms. The molecule has 0 radical (unpaired) electrons. The molecule has 3 rings (SSSR count). The minimum atomic E-state index is -0.683. The van der Waals surface area contributed by atoms with Gasteiger partial charge in [-0.3, -0.25) is 9.59 Å². The summed E-state index contributed by atoms with van der Waals surface area (Å²) in [4.78, 5) is 24.3. The average molecular weight is 382 g/mol. The molecule has 148 valence electrons. The normalized spacial score (nSPS) is 17.0. The fourth-order valence-electron chi connectivity index (χ4n) is 2.82. The molecule has 6 heteroatoms. The maximum Gasteiger partial charge on any atom is 0.265 e. The van der Waals surface area contributed by atoms with Gasteiger partial charge in [-0.05, 0) is 55.2 Å². The number of carbonyl (C=O) groups is 2. The number of rotatable bonds is 4. The molecule has 1 aliphatic rings. The van der Waals surface area contributed by atoms with E-state index in [9.17, 15) is 9.59 Å². The van der Waals surface area contributed by atoms with Gasteiger partial charge in [0.05, 0.1) is 5.69 Å². The van der Waals surface area contributed by atoms with Crippen LogP contribution in [0.25, 0.3) is 0 Å². The van der Waals surface area contributed by atoms with Gasteiger partial charge in [0.1, 0.15) is 11.5 Å². The second-order valence-electron chi connectivity index (χ2n) is 7.99. The van der Waals surface area contributed by atoms with Crippen molar-refractivity contribution >= 4 is 23.2 Å². The zero-order valence-electron chi connectivity index (χ0n) is 16.8. The number of hydrogen-bond donors (Lipinski definition) is 2. The smallest absolute Gasteiger partial charge is 0.265 e. The van der Waals surface area contributed by atoms with E-state index in [1.165, 1.54) is 0 Å². The Balaban J connectivity index is 1.67. The van der Waals surface area contributed by atoms with E-state index in [1.54, 1.807) is 32.0 Å². The third-order valence-corrected chi connectivity index (χ3v) is 4.56. The van der Waals surface area contributed by atoms with Gasteiger partial charge < -0.3 is 20.1 Å². The van der Waals surface area contributed by atoms with Crippen LogP contribution in [0.1, 0.15) is 40.2 Å². The van der Waals surface area contributed by atoms with E-state index < -0.39 is 12.2 Å². The minimum Gasteiger partial charge on any atom is -0.481 e. The average Bonchev–Trinajstić information content (AvgIpc) is 2.62. The lowest BCUT2D eigenvalue weighted by atomic mass is 9.87. The van der Waals surface area contributed by atoms with Gasteiger partial charge in [0, 0.05) is 5.69 Å². The molecule has 0 saturated heterocycles. The lowest BCUT2D eigenvalue weighted by Gasteiger charge is -2.24. The Morgan fingerprint density at radius 1 is 1.21 bits per heavy atom. The van der Waals surface area contributed by atoms with Crippen LogP contribution in [-0.2, 0) is 15.0 Å². The summed E-state index contributed by atoms with van der Waals surface area (Å²) in [6.07, 6.45) is -1.22. The van der Waals surface area contributed by atoms with Crippen molar-refractivity contribution in [3.05, 3.63) is 48.0 Å². The number of benzene rings is 2. The molecule has 2 aromatic rings. The van der Waals surface area contributed by atoms with Gasteiger partial charge in [0.15, 0.2) is 12.2 Å². The first kappa shape index (κ1) is 19.7. The van der Waals surface area contributed by atoms with Gasteiger partial charge in [0.25, 0.3) is 11.8 Å². The quantitative estimate of drug-likeness (QED) is 0.834. The Labute approximate surface area is 165 Å². The van der Waals surface area contributed by atoms with Crippen molar-refractivity contribution in [1.29, 1.82) is 0 Å². The maximum absolute atomic E-state index is 12.5. The molecule has 2 aromatic carbocycles. The molecule has 0 saturated carbocycles. The summed E-state index contributed by atoms with van der Waals surface area (Å²) in [5, 5.41) is 5.58. The summed E-state index contributed by atoms with van der Waals surface area (Å²) >= 11 is 0. The summed E-state index contributed by atoms with van der Waals surface area (Å²) in [6.45, 7) is 9.76. The first-order chi connectivity index (χ1) is 13.1. The van der Waals surface area contributed by atoms with Crippen LogP contribution in [0.15, 0.2) is 42.5 Å². The van der Waals surface area contributed by atoms with Crippen molar-refractivity contribution in [2.75, 3.05) is 10.6 Å². The van der Waals surface area contributed by atoms with Crippen LogP contribution in [0.5, 0.6) is 11.5 Å². The second-order valence-corrected chi connectivity index (χ2v) is 7.99. The lowest BCUT2D eigenvalue weighted by molar-refractivity contribution is -0.123. The van der Waals surface area contributed by atoms with E-state index in [2.05, 4.69) is 31.4 Å². The summed E-state index contributed by atoms with van der Waals surface area (Å²) in [7, 11) is 0. The summed E-state index contributed by atoms with van der Waals surface area (Å²) in [5.74, 6) is 0.729. The van der Waals surface area contributed by atoms with Gasteiger partial charge in [0.2, 0.25) is 0 Å². The molecule has 6 nitrogen and oxygen atoms in total. The molecule has 0 aromatic heterocycles. The van der Waals surface area contributed by atoms with E-state index >= 15 is 0 Å². The monoisotopic (exact) mass is 382 g/mol. The van der Waals surface area contributed by atoms with Crippen molar-refractivity contribution in [2.24, 2.45) is 0 Å². The number of amides is 2. The largest absolute Gasteiger partial charge is 0.481 e. The van der Waals surface area contributed by atoms with Crippen LogP contribution in [0.3, 0.4) is 0 Å². The van der Waals surface area contributed by atoms with Gasteiger partial charge in [-0.2, -0.15) is 0 Å². The molecule has 0 unspecified atom stereocenters. The van der Waals surface area contributed by atoms with Gasteiger partial charge >= 0.3 is 0 Å². The predicted molar refractivity (Wildman–Crippen MR) is 109 cm³/mol. The number of fused-ring (bicyclic) bond motifs is 1. The van der Waals surface area contributed by atoms with Gasteiger partial charge in [-0.25, -0.2) is 0 Å². The summed E-state index contributed by atoms with van der Waals surface area (Å²) in [6, 6.07) is 12.9. The number of anilines is 2. The van der Waals surface area contributed by atoms with Gasteiger partial charge in [-0.15, -0.1) is 0 Å². The highest BCUT2D eigenvalue weighted by molar-refractivity contribution is 5.99. The third-order valence-electron chi connectivity index (χ3n) is 4.56. The highest BCUT2D eigenvalue weighted by Gasteiger charge is 2.24. The van der Waals surface area contributed by atoms with Crippen molar-refractivity contribution in [3.63, 3.8) is 0 Å². The fourth-order valence-corrected chi connectivity index (χ4v) is 2.82. The maximum atomic E-state index is 12.5. The molecular weight excluding hydrogens is 356 g/mol. The fraction of sp³-hybridized carbons (Fsp3) is 0.364. The van der Waals surface area contributed by atoms with Crippen molar-refractivity contribution in [3.8, 4) is 11.5 Å². The standard InChI is InChI=1S/C22H26N2O4/c1-13(27-17-8-6-7-15(11-17)22(3,4)5)20(25)23-16-9-10-19-18(12-16)24-21(26)14(2)28-19/h6-14H,1-5H3,(H,23,25)(H,24,26)/t13-,14-/m1/s1. The van der Waals surface area contributed by atoms with Crippen LogP contribution in [0.2, 0.25) is 0 Å². The van der Waals surface area contributed by atoms with Crippen LogP contribution in [0.4, 0.5) is 11.4 Å². The predicted octanol–water partition coefficient (Wildman–Crippen LogP) is 4.11. The molecular formula is C22H26N2O4. The second kappa shape index (κ2) is 7.54. The number of hydrogen-bond acceptors (Lipinski definition) is 4. The van der Waals surface area contributed by atoms with Crippen LogP contribution >= 0.6 is 0 Å². The van der Waals surface area contributed by atoms with E-state index in [1.807, 2.05) is 24.3 Å². The van der Waals surface area contributed by atoms with Crippen molar-refractivity contribution in [1.82, 2.24) is 0 Å². The molecule has 1 aliphatic heterocycles. The Morgan fingerprint density at radius 2 is 1.96 bits per heavy atom. The molecule has 2 N–H and O–H groups in total. The summed E-state index contributed by atoms with van der Waals surface area (Å²) in [5.41, 5.74) is 2.23. The summed E-state index contributed by atoms with van der Waals surface area (Å²) < 4.78 is 11.3. The van der Waals surface area contributed by atoms with Crippen molar-refractivity contribution in [2.45, 2.75) is 52.2 Å². The van der Waals surface area contributed by atoms with Crippen molar-refractivity contribution < 1.29 is 19.1 Å². The first-order valence-corrected chi connectivity index (χ1v) is 9.33. The Bertz CT molecular complexity index is 902. The Kier molecular flexibility index (Phi) is 5.31. The molecule has 2 amide bonds. The van der Waals surface area contributed by atoms with E-state index in [0.717, 1.165) is 5.56 Å². The van der Waals surface area contributed by atoms with Crippen LogP contribution < -0.4 is 20.1 Å². The third kappa shape index (κ3) is 4.44. The number of carbonyl (C=O) groups excluding carboxylic acids is 2. The highest BCUT2D eigenvalue weighted by Crippen LogP contribution is 2.32. The molecule has 0 bridgehead atoms. The molecule has 2 atom stereocenters. The van der Waals surface area contributed by atoms with Crippen LogP contribution in [0, 0.1) is 0 Å². The van der Waals surface area contributed by atoms with E-state index in [0.29, 0.717) is 22.9 Å². The SMILES string of the molecule is C[C@@H](Oc1cccc(C(C)(C)C)c1)C(=O)Nc1ccc2c(c1)NC(=O)[C@@H](C)O2. The number of ether oxygens (including phenoxy) is 2. The minimum absolute atomic E-state index is 0.00198. The zero-order chi connectivity index (χ0) is 20.5. The van der Waals surface area contributed by atoms with E-state index in [-0.39, 0.29) is 17.2 Å².